The normalized spacial score (nSPS) is 14.9. The molecule has 0 aromatic heterocycles. The molecule has 6 heteroatoms. The Bertz CT molecular complexity index is 875. The third-order valence-electron chi connectivity index (χ3n) is 4.99. The van der Waals surface area contributed by atoms with Crippen molar-refractivity contribution in [1.29, 1.82) is 0 Å². The number of amides is 2. The molecule has 154 valence electrons. The van der Waals surface area contributed by atoms with Crippen LogP contribution in [0.15, 0.2) is 42.5 Å². The fourth-order valence-corrected chi connectivity index (χ4v) is 3.24. The first-order valence-electron chi connectivity index (χ1n) is 10.0. The maximum absolute atomic E-state index is 12.9. The summed E-state index contributed by atoms with van der Waals surface area (Å²) in [6.07, 6.45) is -0.138. The molecule has 2 amide bonds. The number of ether oxygens (including phenoxy) is 2. The number of para-hydroxylation sites is 1. The summed E-state index contributed by atoms with van der Waals surface area (Å²) in [6.45, 7) is 8.00. The fraction of sp³-hybridized carbons (Fsp3) is 0.391. The molecule has 1 aliphatic heterocycles. The molecule has 0 unspecified atom stereocenters. The predicted octanol–water partition coefficient (Wildman–Crippen LogP) is 3.57. The molecule has 2 aromatic carbocycles. The number of morpholine rings is 1. The second-order valence-corrected chi connectivity index (χ2v) is 7.22. The minimum Gasteiger partial charge on any atom is -0.480 e. The van der Waals surface area contributed by atoms with E-state index in [1.165, 1.54) is 0 Å². The lowest BCUT2D eigenvalue weighted by Crippen LogP contribution is -2.41. The lowest BCUT2D eigenvalue weighted by atomic mass is 10.1. The standard InChI is InChI=1S/C23H28N2O4/c1-4-20(29-21-15-16(2)9-10-17(21)3)22(26)24-19-8-6-5-7-18(19)23(27)25-11-13-28-14-12-25/h5-10,15,20H,4,11-14H2,1-3H3,(H,24,26)/t20-/m1/s1. The van der Waals surface area contributed by atoms with E-state index in [0.29, 0.717) is 49.7 Å². The van der Waals surface area contributed by atoms with E-state index in [2.05, 4.69) is 5.32 Å². The fourth-order valence-electron chi connectivity index (χ4n) is 3.24. The Morgan fingerprint density at radius 1 is 1.14 bits per heavy atom. The van der Waals surface area contributed by atoms with Crippen molar-refractivity contribution in [2.45, 2.75) is 33.3 Å². The second-order valence-electron chi connectivity index (χ2n) is 7.22. The van der Waals surface area contributed by atoms with Gasteiger partial charge >= 0.3 is 0 Å². The average molecular weight is 396 g/mol. The van der Waals surface area contributed by atoms with Crippen LogP contribution >= 0.6 is 0 Å². The third kappa shape index (κ3) is 5.15. The van der Waals surface area contributed by atoms with Gasteiger partial charge in [0, 0.05) is 13.1 Å². The highest BCUT2D eigenvalue weighted by Crippen LogP contribution is 2.23. The molecule has 0 bridgehead atoms. The first-order chi connectivity index (χ1) is 14.0. The van der Waals surface area contributed by atoms with E-state index < -0.39 is 6.10 Å². The highest BCUT2D eigenvalue weighted by molar-refractivity contribution is 6.04. The van der Waals surface area contributed by atoms with E-state index in [-0.39, 0.29) is 11.8 Å². The molecule has 0 spiro atoms. The third-order valence-corrected chi connectivity index (χ3v) is 4.99. The van der Waals surface area contributed by atoms with Crippen LogP contribution in [0.1, 0.15) is 34.8 Å². The number of aryl methyl sites for hydroxylation is 2. The van der Waals surface area contributed by atoms with Crippen molar-refractivity contribution in [3.05, 3.63) is 59.2 Å². The molecule has 1 N–H and O–H groups in total. The van der Waals surface area contributed by atoms with Crippen LogP contribution < -0.4 is 10.1 Å². The van der Waals surface area contributed by atoms with Gasteiger partial charge in [-0.2, -0.15) is 0 Å². The lowest BCUT2D eigenvalue weighted by Gasteiger charge is -2.27. The topological polar surface area (TPSA) is 67.9 Å². The minimum atomic E-state index is -0.651. The smallest absolute Gasteiger partial charge is 0.265 e. The summed E-state index contributed by atoms with van der Waals surface area (Å²) in [5.74, 6) is 0.327. The molecule has 1 atom stereocenters. The van der Waals surface area contributed by atoms with Crippen LogP contribution in [0.3, 0.4) is 0 Å². The molecule has 3 rings (SSSR count). The van der Waals surface area contributed by atoms with Crippen LogP contribution in [0.4, 0.5) is 5.69 Å². The average Bonchev–Trinajstić information content (AvgIpc) is 2.74. The largest absolute Gasteiger partial charge is 0.480 e. The van der Waals surface area contributed by atoms with Crippen molar-refractivity contribution in [3.63, 3.8) is 0 Å². The van der Waals surface area contributed by atoms with E-state index >= 15 is 0 Å². The summed E-state index contributed by atoms with van der Waals surface area (Å²) < 4.78 is 11.3. The molecule has 1 heterocycles. The van der Waals surface area contributed by atoms with E-state index in [1.54, 1.807) is 29.2 Å². The van der Waals surface area contributed by atoms with Gasteiger partial charge in [-0.3, -0.25) is 9.59 Å². The molecular formula is C23H28N2O4. The maximum atomic E-state index is 12.9. The monoisotopic (exact) mass is 396 g/mol. The molecule has 6 nitrogen and oxygen atoms in total. The zero-order valence-corrected chi connectivity index (χ0v) is 17.2. The van der Waals surface area contributed by atoms with Crippen molar-refractivity contribution in [2.75, 3.05) is 31.6 Å². The lowest BCUT2D eigenvalue weighted by molar-refractivity contribution is -0.122. The number of nitrogens with one attached hydrogen (secondary N) is 1. The first-order valence-corrected chi connectivity index (χ1v) is 10.0. The van der Waals surface area contributed by atoms with Crippen LogP contribution in [0, 0.1) is 13.8 Å². The molecule has 1 saturated heterocycles. The van der Waals surface area contributed by atoms with Gasteiger partial charge < -0.3 is 19.7 Å². The predicted molar refractivity (Wildman–Crippen MR) is 112 cm³/mol. The van der Waals surface area contributed by atoms with Crippen LogP contribution in [0.25, 0.3) is 0 Å². The Hall–Kier alpha value is -2.86. The number of anilines is 1. The minimum absolute atomic E-state index is 0.104. The van der Waals surface area contributed by atoms with E-state index in [1.807, 2.05) is 39.0 Å². The molecule has 0 radical (unpaired) electrons. The second kappa shape index (κ2) is 9.56. The van der Waals surface area contributed by atoms with Gasteiger partial charge in [0.1, 0.15) is 5.75 Å². The molecule has 0 aliphatic carbocycles. The van der Waals surface area contributed by atoms with Crippen molar-refractivity contribution in [1.82, 2.24) is 4.90 Å². The Kier molecular flexibility index (Phi) is 6.88. The number of carbonyl (C=O) groups excluding carboxylic acids is 2. The molecular weight excluding hydrogens is 368 g/mol. The summed E-state index contributed by atoms with van der Waals surface area (Å²) in [4.78, 5) is 27.6. The van der Waals surface area contributed by atoms with Gasteiger partial charge in [0.05, 0.1) is 24.5 Å². The van der Waals surface area contributed by atoms with Crippen LogP contribution in [0.5, 0.6) is 5.75 Å². The Labute approximate surface area is 171 Å². The number of hydrogen-bond donors (Lipinski definition) is 1. The molecule has 0 saturated carbocycles. The highest BCUT2D eigenvalue weighted by atomic mass is 16.5. The SMILES string of the molecule is CC[C@@H](Oc1cc(C)ccc1C)C(=O)Nc1ccccc1C(=O)N1CCOCC1. The zero-order chi connectivity index (χ0) is 20.8. The Balaban J connectivity index is 1.75. The number of carbonyl (C=O) groups is 2. The summed E-state index contributed by atoms with van der Waals surface area (Å²) in [6, 6.07) is 13.0. The number of hydrogen-bond acceptors (Lipinski definition) is 4. The summed E-state index contributed by atoms with van der Waals surface area (Å²) in [7, 11) is 0. The van der Waals surface area contributed by atoms with E-state index in [9.17, 15) is 9.59 Å². The summed E-state index contributed by atoms with van der Waals surface area (Å²) >= 11 is 0. The van der Waals surface area contributed by atoms with Gasteiger partial charge in [0.25, 0.3) is 11.8 Å². The van der Waals surface area contributed by atoms with Crippen molar-refractivity contribution >= 4 is 17.5 Å². The summed E-state index contributed by atoms with van der Waals surface area (Å²) in [5, 5.41) is 2.89. The Morgan fingerprint density at radius 2 is 1.86 bits per heavy atom. The first kappa shape index (κ1) is 20.9. The van der Waals surface area contributed by atoms with Crippen LogP contribution in [-0.4, -0.2) is 49.1 Å². The van der Waals surface area contributed by atoms with Crippen LogP contribution in [0.2, 0.25) is 0 Å². The van der Waals surface area contributed by atoms with Gasteiger partial charge in [-0.25, -0.2) is 0 Å². The van der Waals surface area contributed by atoms with Crippen LogP contribution in [-0.2, 0) is 9.53 Å². The highest BCUT2D eigenvalue weighted by Gasteiger charge is 2.24. The number of nitrogens with zero attached hydrogens (tertiary/aromatic N) is 1. The quantitative estimate of drug-likeness (QED) is 0.811. The maximum Gasteiger partial charge on any atom is 0.265 e. The Morgan fingerprint density at radius 3 is 2.59 bits per heavy atom. The molecule has 1 fully saturated rings. The van der Waals surface area contributed by atoms with E-state index in [4.69, 9.17) is 9.47 Å². The molecule has 29 heavy (non-hydrogen) atoms. The van der Waals surface area contributed by atoms with E-state index in [0.717, 1.165) is 11.1 Å². The van der Waals surface area contributed by atoms with Gasteiger partial charge in [-0.15, -0.1) is 0 Å². The van der Waals surface area contributed by atoms with Crippen molar-refractivity contribution in [2.24, 2.45) is 0 Å². The summed E-state index contributed by atoms with van der Waals surface area (Å²) in [5.41, 5.74) is 3.02. The van der Waals surface area contributed by atoms with Gasteiger partial charge in [0.2, 0.25) is 0 Å². The molecule has 2 aromatic rings. The van der Waals surface area contributed by atoms with Crippen molar-refractivity contribution in [3.8, 4) is 5.75 Å². The molecule has 1 aliphatic rings. The van der Waals surface area contributed by atoms with Gasteiger partial charge in [-0.05, 0) is 49.6 Å². The van der Waals surface area contributed by atoms with Gasteiger partial charge in [0.15, 0.2) is 6.10 Å². The number of rotatable bonds is 6. The zero-order valence-electron chi connectivity index (χ0n) is 17.2. The van der Waals surface area contributed by atoms with Crippen molar-refractivity contribution < 1.29 is 19.1 Å². The number of benzene rings is 2. The van der Waals surface area contributed by atoms with Gasteiger partial charge in [-0.1, -0.05) is 31.2 Å².